The van der Waals surface area contributed by atoms with E-state index in [1.807, 2.05) is 0 Å². The Kier molecular flexibility index (Phi) is 4.36. The van der Waals surface area contributed by atoms with Gasteiger partial charge < -0.3 is 15.2 Å². The molecule has 0 fully saturated rings. The van der Waals surface area contributed by atoms with Crippen molar-refractivity contribution in [3.8, 4) is 5.75 Å². The number of esters is 1. The molecular weight excluding hydrogens is 267 g/mol. The molecule has 1 unspecified atom stereocenters. The van der Waals surface area contributed by atoms with Gasteiger partial charge in [-0.2, -0.15) is 13.2 Å². The van der Waals surface area contributed by atoms with Crippen LogP contribution in [0.5, 0.6) is 5.75 Å². The summed E-state index contributed by atoms with van der Waals surface area (Å²) in [5.41, 5.74) is 4.94. The lowest BCUT2D eigenvalue weighted by Crippen LogP contribution is -2.32. The van der Waals surface area contributed by atoms with Gasteiger partial charge in [0.05, 0.1) is 7.11 Å². The van der Waals surface area contributed by atoms with E-state index in [1.165, 1.54) is 31.4 Å². The topological polar surface area (TPSA) is 78.6 Å². The van der Waals surface area contributed by atoms with Crippen LogP contribution in [0.25, 0.3) is 0 Å². The maximum absolute atomic E-state index is 12.1. The van der Waals surface area contributed by atoms with Crippen LogP contribution in [0.4, 0.5) is 13.2 Å². The van der Waals surface area contributed by atoms with Crippen molar-refractivity contribution >= 4 is 11.9 Å². The van der Waals surface area contributed by atoms with E-state index in [1.54, 1.807) is 0 Å². The zero-order valence-electron chi connectivity index (χ0n) is 9.73. The summed E-state index contributed by atoms with van der Waals surface area (Å²) in [7, 11) is 1.39. The molecule has 8 heteroatoms. The highest BCUT2D eigenvalue weighted by molar-refractivity contribution is 5.85. The molecule has 19 heavy (non-hydrogen) atoms. The van der Waals surface area contributed by atoms with Crippen molar-refractivity contribution in [2.75, 3.05) is 7.11 Å². The third-order valence-corrected chi connectivity index (χ3v) is 2.13. The van der Waals surface area contributed by atoms with Gasteiger partial charge in [-0.15, -0.1) is 0 Å². The molecule has 0 saturated heterocycles. The van der Waals surface area contributed by atoms with E-state index in [2.05, 4.69) is 4.74 Å². The second-order valence-corrected chi connectivity index (χ2v) is 3.46. The maximum Gasteiger partial charge on any atom is 0.490 e. The Hall–Kier alpha value is -2.25. The molecule has 0 aliphatic carbocycles. The molecule has 0 aliphatic rings. The molecule has 0 heterocycles. The lowest BCUT2D eigenvalue weighted by Gasteiger charge is -2.16. The molecule has 0 radical (unpaired) electrons. The molecular formula is C11H10F3NO4. The Balaban J connectivity index is 2.94. The van der Waals surface area contributed by atoms with Crippen LogP contribution in [0.1, 0.15) is 11.7 Å². The molecule has 0 aliphatic heterocycles. The number of methoxy groups -OCH3 is 1. The van der Waals surface area contributed by atoms with Crippen molar-refractivity contribution in [3.05, 3.63) is 29.8 Å². The SMILES string of the molecule is COc1ccc(C(OC(=O)C(F)(F)F)C(N)=O)cc1. The molecule has 0 bridgehead atoms. The second-order valence-electron chi connectivity index (χ2n) is 3.46. The molecule has 1 rings (SSSR count). The highest BCUT2D eigenvalue weighted by Gasteiger charge is 2.43. The summed E-state index contributed by atoms with van der Waals surface area (Å²) in [5.74, 6) is -3.26. The molecule has 5 nitrogen and oxygen atoms in total. The smallest absolute Gasteiger partial charge is 0.490 e. The van der Waals surface area contributed by atoms with Crippen LogP contribution in [0, 0.1) is 0 Å². The molecule has 1 amide bonds. The standard InChI is InChI=1S/C11H10F3NO4/c1-18-7-4-2-6(3-5-7)8(9(15)16)19-10(17)11(12,13)14/h2-5,8H,1H3,(H2,15,16). The average molecular weight is 277 g/mol. The van der Waals surface area contributed by atoms with Crippen molar-refractivity contribution in [3.63, 3.8) is 0 Å². The summed E-state index contributed by atoms with van der Waals surface area (Å²) in [5, 5.41) is 0. The van der Waals surface area contributed by atoms with E-state index in [4.69, 9.17) is 10.5 Å². The summed E-state index contributed by atoms with van der Waals surface area (Å²) in [4.78, 5) is 21.8. The summed E-state index contributed by atoms with van der Waals surface area (Å²) < 4.78 is 45.1. The van der Waals surface area contributed by atoms with Crippen LogP contribution < -0.4 is 10.5 Å². The van der Waals surface area contributed by atoms with Crippen LogP contribution in [-0.4, -0.2) is 25.2 Å². The van der Waals surface area contributed by atoms with Crippen molar-refractivity contribution in [1.82, 2.24) is 0 Å². The van der Waals surface area contributed by atoms with Crippen molar-refractivity contribution < 1.29 is 32.2 Å². The fraction of sp³-hybridized carbons (Fsp3) is 0.273. The zero-order chi connectivity index (χ0) is 14.6. The third kappa shape index (κ3) is 3.87. The molecule has 1 aromatic rings. The number of carbonyl (C=O) groups is 2. The van der Waals surface area contributed by atoms with Crippen molar-refractivity contribution in [2.45, 2.75) is 12.3 Å². The van der Waals surface area contributed by atoms with E-state index in [9.17, 15) is 22.8 Å². The van der Waals surface area contributed by atoms with Gasteiger partial charge in [0.1, 0.15) is 5.75 Å². The predicted octanol–water partition coefficient (Wildman–Crippen LogP) is 1.33. The minimum absolute atomic E-state index is 0.0194. The predicted molar refractivity (Wildman–Crippen MR) is 57.1 cm³/mol. The van der Waals surface area contributed by atoms with Crippen molar-refractivity contribution in [1.29, 1.82) is 0 Å². The second kappa shape index (κ2) is 5.59. The summed E-state index contributed by atoms with van der Waals surface area (Å²) in [6, 6.07) is 5.34. The molecule has 2 N–H and O–H groups in total. The normalized spacial score (nSPS) is 12.6. The Morgan fingerprint density at radius 1 is 1.21 bits per heavy atom. The monoisotopic (exact) mass is 277 g/mol. The number of benzene rings is 1. The Labute approximate surface area is 106 Å². The van der Waals surface area contributed by atoms with Crippen LogP contribution in [0.15, 0.2) is 24.3 Å². The van der Waals surface area contributed by atoms with Gasteiger partial charge in [0, 0.05) is 5.56 Å². The van der Waals surface area contributed by atoms with Gasteiger partial charge in [0.25, 0.3) is 5.91 Å². The van der Waals surface area contributed by atoms with Gasteiger partial charge in [-0.1, -0.05) is 12.1 Å². The van der Waals surface area contributed by atoms with Gasteiger partial charge in [0.2, 0.25) is 6.10 Å². The first-order chi connectivity index (χ1) is 8.75. The van der Waals surface area contributed by atoms with Crippen molar-refractivity contribution in [2.24, 2.45) is 5.73 Å². The number of halogens is 3. The third-order valence-electron chi connectivity index (χ3n) is 2.13. The molecule has 0 aromatic heterocycles. The fourth-order valence-corrected chi connectivity index (χ4v) is 1.24. The van der Waals surface area contributed by atoms with Gasteiger partial charge in [-0.3, -0.25) is 4.79 Å². The first-order valence-electron chi connectivity index (χ1n) is 4.96. The summed E-state index contributed by atoms with van der Waals surface area (Å²) >= 11 is 0. The number of carbonyl (C=O) groups excluding carboxylic acids is 2. The van der Waals surface area contributed by atoms with E-state index < -0.39 is 24.2 Å². The largest absolute Gasteiger partial charge is 0.497 e. The first-order valence-corrected chi connectivity index (χ1v) is 4.96. The first kappa shape index (κ1) is 14.8. The van der Waals surface area contributed by atoms with Crippen LogP contribution in [-0.2, 0) is 14.3 Å². The number of hydrogen-bond acceptors (Lipinski definition) is 4. The number of nitrogens with two attached hydrogens (primary N) is 1. The quantitative estimate of drug-likeness (QED) is 0.842. The van der Waals surface area contributed by atoms with Gasteiger partial charge in [-0.25, -0.2) is 4.79 Å². The van der Waals surface area contributed by atoms with Crippen LogP contribution in [0.3, 0.4) is 0 Å². The highest BCUT2D eigenvalue weighted by Crippen LogP contribution is 2.25. The molecule has 1 aromatic carbocycles. The number of primary amides is 1. The lowest BCUT2D eigenvalue weighted by atomic mass is 10.1. The lowest BCUT2D eigenvalue weighted by molar-refractivity contribution is -0.205. The Morgan fingerprint density at radius 2 is 1.74 bits per heavy atom. The number of amides is 1. The van der Waals surface area contributed by atoms with Gasteiger partial charge in [-0.05, 0) is 12.1 Å². The Bertz CT molecular complexity index is 470. The van der Waals surface area contributed by atoms with E-state index in [0.717, 1.165) is 0 Å². The zero-order valence-corrected chi connectivity index (χ0v) is 9.73. The number of ether oxygens (including phenoxy) is 2. The molecule has 104 valence electrons. The summed E-state index contributed by atoms with van der Waals surface area (Å²) in [6.07, 6.45) is -7.00. The van der Waals surface area contributed by atoms with Crippen LogP contribution in [0.2, 0.25) is 0 Å². The van der Waals surface area contributed by atoms with Crippen LogP contribution >= 0.6 is 0 Å². The number of hydrogen-bond donors (Lipinski definition) is 1. The highest BCUT2D eigenvalue weighted by atomic mass is 19.4. The average Bonchev–Trinajstić information content (AvgIpc) is 2.34. The Morgan fingerprint density at radius 3 is 2.11 bits per heavy atom. The van der Waals surface area contributed by atoms with Gasteiger partial charge in [0.15, 0.2) is 0 Å². The van der Waals surface area contributed by atoms with E-state index in [0.29, 0.717) is 5.75 Å². The maximum atomic E-state index is 12.1. The summed E-state index contributed by atoms with van der Waals surface area (Å²) in [6.45, 7) is 0. The number of rotatable bonds is 4. The molecule has 0 spiro atoms. The molecule has 1 atom stereocenters. The van der Waals surface area contributed by atoms with E-state index >= 15 is 0 Å². The minimum Gasteiger partial charge on any atom is -0.497 e. The molecule has 0 saturated carbocycles. The van der Waals surface area contributed by atoms with Gasteiger partial charge >= 0.3 is 12.1 Å². The minimum atomic E-state index is -5.19. The van der Waals surface area contributed by atoms with E-state index in [-0.39, 0.29) is 5.56 Å². The number of alkyl halides is 3. The fourth-order valence-electron chi connectivity index (χ4n) is 1.24.